The minimum absolute atomic E-state index is 0.232. The number of carbonyl (C=O) groups excluding carboxylic acids is 2. The second-order valence-corrected chi connectivity index (χ2v) is 5.04. The first kappa shape index (κ1) is 11.8. The van der Waals surface area contributed by atoms with Crippen molar-refractivity contribution in [2.24, 2.45) is 0 Å². The molecule has 86 valence electrons. The Morgan fingerprint density at radius 1 is 1.00 bits per heavy atom. The van der Waals surface area contributed by atoms with Crippen molar-refractivity contribution in [1.82, 2.24) is 20.4 Å². The summed E-state index contributed by atoms with van der Waals surface area (Å²) in [5, 5.41) is 12.1. The second kappa shape index (κ2) is 5.56. The average Bonchev–Trinajstić information content (AvgIpc) is 3.02. The van der Waals surface area contributed by atoms with Crippen molar-refractivity contribution in [3.8, 4) is 0 Å². The van der Waals surface area contributed by atoms with Gasteiger partial charge in [-0.1, -0.05) is 0 Å². The second-order valence-electron chi connectivity index (χ2n) is 2.80. The summed E-state index contributed by atoms with van der Waals surface area (Å²) in [4.78, 5) is 22.6. The molecule has 0 spiro atoms. The number of nitrogens with zero attached hydrogens (tertiary/aromatic N) is 2. The van der Waals surface area contributed by atoms with Crippen LogP contribution in [0.1, 0.15) is 21.0 Å². The molecule has 0 fully saturated rings. The Kier molecular flexibility index (Phi) is 3.85. The molecule has 2 heterocycles. The van der Waals surface area contributed by atoms with Crippen LogP contribution in [0.5, 0.6) is 0 Å². The predicted molar refractivity (Wildman–Crippen MR) is 53.8 cm³/mol. The monoisotopic (exact) mass is 430 g/mol. The Hall–Kier alpha value is -1.72. The van der Waals surface area contributed by atoms with Gasteiger partial charge in [0.1, 0.15) is 0 Å². The molecule has 2 aromatic heterocycles. The van der Waals surface area contributed by atoms with Gasteiger partial charge in [0.25, 0.3) is 0 Å². The standard InChI is InChI=1S/2C4H4N2O2.Pb/c2*7-4(8)3-1-2-5-6-3;/h2*1-2H,(H,5,6)(H,7,8);/q;;+2/p-2. The predicted octanol–water partition coefficient (Wildman–Crippen LogP) is -0.319. The van der Waals surface area contributed by atoms with Crippen LogP contribution in [0.15, 0.2) is 24.5 Å². The van der Waals surface area contributed by atoms with Crippen molar-refractivity contribution in [2.45, 2.75) is 0 Å². The van der Waals surface area contributed by atoms with E-state index in [1.54, 1.807) is 0 Å². The van der Waals surface area contributed by atoms with Crippen molar-refractivity contribution in [2.75, 3.05) is 0 Å². The van der Waals surface area contributed by atoms with Gasteiger partial charge in [0, 0.05) is 0 Å². The van der Waals surface area contributed by atoms with Crippen molar-refractivity contribution in [1.29, 1.82) is 0 Å². The molecule has 2 radical (unpaired) electrons. The van der Waals surface area contributed by atoms with Crippen molar-refractivity contribution < 1.29 is 15.0 Å². The molecular weight excluding hydrogens is 423 g/mol. The van der Waals surface area contributed by atoms with Crippen LogP contribution in [0.2, 0.25) is 0 Å². The summed E-state index contributed by atoms with van der Waals surface area (Å²) in [5.41, 5.74) is 0.463. The number of aromatic nitrogens is 4. The molecule has 8 nitrogen and oxygen atoms in total. The number of hydrogen-bond acceptors (Lipinski definition) is 6. The van der Waals surface area contributed by atoms with Crippen molar-refractivity contribution >= 4 is 37.1 Å². The Morgan fingerprint density at radius 3 is 1.82 bits per heavy atom. The quantitative estimate of drug-likeness (QED) is 0.645. The third-order valence-electron chi connectivity index (χ3n) is 1.71. The summed E-state index contributed by atoms with van der Waals surface area (Å²) in [7, 11) is 0. The molecule has 0 saturated heterocycles. The average molecular weight is 429 g/mol. The Labute approximate surface area is 108 Å². The van der Waals surface area contributed by atoms with E-state index < -0.39 is 37.1 Å². The zero-order chi connectivity index (χ0) is 12.1. The van der Waals surface area contributed by atoms with Gasteiger partial charge < -0.3 is 0 Å². The molecule has 0 atom stereocenters. The van der Waals surface area contributed by atoms with Crippen molar-refractivity contribution in [3.05, 3.63) is 35.9 Å². The summed E-state index contributed by atoms with van der Waals surface area (Å²) in [6.07, 6.45) is 2.86. The van der Waals surface area contributed by atoms with E-state index in [0.717, 1.165) is 0 Å². The van der Waals surface area contributed by atoms with Crippen LogP contribution in [0.4, 0.5) is 0 Å². The van der Waals surface area contributed by atoms with Crippen LogP contribution in [0.3, 0.4) is 0 Å². The van der Waals surface area contributed by atoms with Gasteiger partial charge in [0.2, 0.25) is 0 Å². The number of nitrogens with one attached hydrogen (secondary N) is 2. The van der Waals surface area contributed by atoms with Gasteiger partial charge >= 0.3 is 108 Å². The fourth-order valence-electron chi connectivity index (χ4n) is 0.946. The van der Waals surface area contributed by atoms with E-state index in [-0.39, 0.29) is 11.4 Å². The number of H-pyrrole nitrogens is 2. The van der Waals surface area contributed by atoms with E-state index in [0.29, 0.717) is 0 Å². The Morgan fingerprint density at radius 2 is 1.47 bits per heavy atom. The van der Waals surface area contributed by atoms with E-state index >= 15 is 0 Å². The number of rotatable bonds is 4. The topological polar surface area (TPSA) is 110 Å². The van der Waals surface area contributed by atoms with Crippen LogP contribution in [0.25, 0.3) is 0 Å². The molecule has 0 aromatic carbocycles. The maximum atomic E-state index is 11.3. The molecule has 0 saturated carbocycles. The molecule has 2 rings (SSSR count). The third kappa shape index (κ3) is 3.12. The van der Waals surface area contributed by atoms with E-state index in [9.17, 15) is 9.59 Å². The van der Waals surface area contributed by atoms with E-state index in [1.165, 1.54) is 24.5 Å². The van der Waals surface area contributed by atoms with Gasteiger partial charge in [0.15, 0.2) is 0 Å². The molecule has 0 aliphatic rings. The first-order valence-electron chi connectivity index (χ1n) is 4.43. The summed E-state index contributed by atoms with van der Waals surface area (Å²) >= 11 is -2.22. The SMILES string of the molecule is O=C([O][Pb][O]C(=O)c1ccn[nH]1)c1ccn[nH]1. The fourth-order valence-corrected chi connectivity index (χ4v) is 2.55. The van der Waals surface area contributed by atoms with Crippen LogP contribution in [0, 0.1) is 0 Å². The molecule has 2 aromatic rings. The van der Waals surface area contributed by atoms with Gasteiger partial charge in [-0.15, -0.1) is 0 Å². The van der Waals surface area contributed by atoms with Crippen LogP contribution in [-0.4, -0.2) is 57.5 Å². The normalized spacial score (nSPS) is 9.88. The first-order valence-corrected chi connectivity index (χ1v) is 7.61. The number of carbonyl (C=O) groups is 2. The van der Waals surface area contributed by atoms with Gasteiger partial charge in [-0.25, -0.2) is 0 Å². The molecule has 0 unspecified atom stereocenters. The van der Waals surface area contributed by atoms with Gasteiger partial charge in [-0.05, 0) is 0 Å². The van der Waals surface area contributed by atoms with E-state index in [2.05, 4.69) is 20.4 Å². The summed E-state index contributed by atoms with van der Waals surface area (Å²) < 4.78 is 9.72. The summed E-state index contributed by atoms with van der Waals surface area (Å²) in [6.45, 7) is 0. The molecular formula is C8H6N4O4Pb. The van der Waals surface area contributed by atoms with Gasteiger partial charge in [0.05, 0.1) is 0 Å². The molecule has 0 bridgehead atoms. The molecule has 0 aliphatic carbocycles. The van der Waals surface area contributed by atoms with Crippen molar-refractivity contribution in [3.63, 3.8) is 0 Å². The van der Waals surface area contributed by atoms with E-state index in [1.807, 2.05) is 0 Å². The minimum atomic E-state index is -2.22. The number of hydrogen-bond donors (Lipinski definition) is 2. The van der Waals surface area contributed by atoms with E-state index in [4.69, 9.17) is 5.37 Å². The number of aromatic amines is 2. The van der Waals surface area contributed by atoms with Crippen LogP contribution in [-0.2, 0) is 5.37 Å². The van der Waals surface area contributed by atoms with Crippen LogP contribution < -0.4 is 0 Å². The summed E-state index contributed by atoms with van der Waals surface area (Å²) in [6, 6.07) is 2.95. The zero-order valence-corrected chi connectivity index (χ0v) is 12.2. The van der Waals surface area contributed by atoms with Gasteiger partial charge in [-0.3, -0.25) is 0 Å². The Bertz CT molecular complexity index is 449. The van der Waals surface area contributed by atoms with Gasteiger partial charge in [-0.2, -0.15) is 0 Å². The third-order valence-corrected chi connectivity index (χ3v) is 3.80. The fraction of sp³-hybridized carbons (Fsp3) is 0. The maximum absolute atomic E-state index is 11.3. The first-order chi connectivity index (χ1) is 8.27. The molecule has 0 amide bonds. The zero-order valence-electron chi connectivity index (χ0n) is 8.34. The molecule has 2 N–H and O–H groups in total. The summed E-state index contributed by atoms with van der Waals surface area (Å²) in [5.74, 6) is -1.13. The Balaban J connectivity index is 1.77. The molecule has 9 heteroatoms. The molecule has 0 aliphatic heterocycles. The molecule has 17 heavy (non-hydrogen) atoms. The van der Waals surface area contributed by atoms with Crippen LogP contribution >= 0.6 is 0 Å².